The maximum atomic E-state index is 12.2. The van der Waals surface area contributed by atoms with Gasteiger partial charge in [0.05, 0.1) is 0 Å². The highest BCUT2D eigenvalue weighted by molar-refractivity contribution is 5.95. The van der Waals surface area contributed by atoms with E-state index in [0.717, 1.165) is 5.56 Å². The van der Waals surface area contributed by atoms with Crippen LogP contribution in [0, 0.1) is 0 Å². The summed E-state index contributed by atoms with van der Waals surface area (Å²) in [7, 11) is 0. The summed E-state index contributed by atoms with van der Waals surface area (Å²) in [5.74, 6) is 0.637. The van der Waals surface area contributed by atoms with Gasteiger partial charge >= 0.3 is 0 Å². The molecule has 0 radical (unpaired) electrons. The third-order valence-electron chi connectivity index (χ3n) is 4.15. The zero-order valence-corrected chi connectivity index (χ0v) is 15.5. The molecule has 27 heavy (non-hydrogen) atoms. The normalized spacial score (nSPS) is 10.8. The zero-order chi connectivity index (χ0) is 19.4. The Kier molecular flexibility index (Phi) is 5.40. The van der Waals surface area contributed by atoms with Crippen LogP contribution < -0.4 is 5.32 Å². The Hall–Kier alpha value is -3.35. The van der Waals surface area contributed by atoms with Crippen molar-refractivity contribution < 1.29 is 9.59 Å². The largest absolute Gasteiger partial charge is 0.324 e. The number of carbonyl (C=O) groups is 2. The molecule has 0 saturated heterocycles. The number of hydrogen-bond acceptors (Lipinski definition) is 5. The number of amides is 1. The number of benzene rings is 2. The van der Waals surface area contributed by atoms with Crippen LogP contribution in [0.1, 0.15) is 42.6 Å². The number of Topliss-reactive ketones (excluding diaryl/α,β-unsaturated/α-hetero) is 1. The molecule has 0 bridgehead atoms. The van der Waals surface area contributed by atoms with Gasteiger partial charge in [0.1, 0.15) is 6.54 Å². The Bertz CT molecular complexity index is 943. The Labute approximate surface area is 157 Å². The number of tetrazole rings is 1. The highest BCUT2D eigenvalue weighted by Gasteiger charge is 2.10. The first-order valence-electron chi connectivity index (χ1n) is 8.71. The molecule has 0 aliphatic carbocycles. The van der Waals surface area contributed by atoms with Crippen LogP contribution in [0.5, 0.6) is 0 Å². The van der Waals surface area contributed by atoms with Gasteiger partial charge in [0.2, 0.25) is 11.7 Å². The fourth-order valence-corrected chi connectivity index (χ4v) is 2.56. The minimum atomic E-state index is -0.273. The number of aromatic nitrogens is 4. The molecule has 7 nitrogen and oxygen atoms in total. The van der Waals surface area contributed by atoms with Gasteiger partial charge in [0.15, 0.2) is 5.78 Å². The standard InChI is InChI=1S/C20H21N5O2/c1-13(2)15-4-6-17(7-5-15)20-22-24-25(23-20)12-19(27)21-18-10-8-16(9-11-18)14(3)26/h4-11,13H,12H2,1-3H3,(H,21,27). The molecule has 1 N–H and O–H groups in total. The lowest BCUT2D eigenvalue weighted by Crippen LogP contribution is -2.20. The third-order valence-corrected chi connectivity index (χ3v) is 4.15. The summed E-state index contributed by atoms with van der Waals surface area (Å²) in [6, 6.07) is 14.7. The number of hydrogen-bond donors (Lipinski definition) is 1. The van der Waals surface area contributed by atoms with Crippen LogP contribution in [-0.4, -0.2) is 31.9 Å². The topological polar surface area (TPSA) is 89.8 Å². The average molecular weight is 363 g/mol. The van der Waals surface area contributed by atoms with Crippen LogP contribution in [0.4, 0.5) is 5.69 Å². The summed E-state index contributed by atoms with van der Waals surface area (Å²) >= 11 is 0. The van der Waals surface area contributed by atoms with E-state index >= 15 is 0 Å². The number of ketones is 1. The highest BCUT2D eigenvalue weighted by Crippen LogP contribution is 2.19. The summed E-state index contributed by atoms with van der Waals surface area (Å²) in [5, 5.41) is 15.0. The summed E-state index contributed by atoms with van der Waals surface area (Å²) in [6.45, 7) is 5.72. The van der Waals surface area contributed by atoms with E-state index in [9.17, 15) is 9.59 Å². The van der Waals surface area contributed by atoms with Gasteiger partial charge in [-0.15, -0.1) is 10.2 Å². The lowest BCUT2D eigenvalue weighted by molar-refractivity contribution is -0.117. The fraction of sp³-hybridized carbons (Fsp3) is 0.250. The fourth-order valence-electron chi connectivity index (χ4n) is 2.56. The van der Waals surface area contributed by atoms with Gasteiger partial charge in [-0.05, 0) is 47.9 Å². The van der Waals surface area contributed by atoms with Crippen molar-refractivity contribution in [2.45, 2.75) is 33.2 Å². The van der Waals surface area contributed by atoms with E-state index in [4.69, 9.17) is 0 Å². The lowest BCUT2D eigenvalue weighted by Gasteiger charge is -2.05. The minimum Gasteiger partial charge on any atom is -0.324 e. The van der Waals surface area contributed by atoms with Gasteiger partial charge < -0.3 is 5.32 Å². The van der Waals surface area contributed by atoms with Crippen molar-refractivity contribution >= 4 is 17.4 Å². The van der Waals surface area contributed by atoms with Crippen molar-refractivity contribution in [3.8, 4) is 11.4 Å². The van der Waals surface area contributed by atoms with E-state index in [2.05, 4.69) is 34.6 Å². The second-order valence-corrected chi connectivity index (χ2v) is 6.60. The molecule has 3 aromatic rings. The molecule has 1 amide bonds. The van der Waals surface area contributed by atoms with Crippen molar-refractivity contribution in [1.82, 2.24) is 20.2 Å². The van der Waals surface area contributed by atoms with E-state index in [1.54, 1.807) is 24.3 Å². The first kappa shape index (κ1) is 18.4. The quantitative estimate of drug-likeness (QED) is 0.679. The van der Waals surface area contributed by atoms with Gasteiger partial charge in [0.25, 0.3) is 0 Å². The Morgan fingerprint density at radius 3 is 2.30 bits per heavy atom. The summed E-state index contributed by atoms with van der Waals surface area (Å²) in [6.07, 6.45) is 0. The summed E-state index contributed by atoms with van der Waals surface area (Å²) in [5.41, 5.74) is 3.29. The number of nitrogens with zero attached hydrogens (tertiary/aromatic N) is 4. The van der Waals surface area contributed by atoms with Crippen LogP contribution in [-0.2, 0) is 11.3 Å². The maximum Gasteiger partial charge on any atom is 0.248 e. The lowest BCUT2D eigenvalue weighted by atomic mass is 10.0. The SMILES string of the molecule is CC(=O)c1ccc(NC(=O)Cn2nnc(-c3ccc(C(C)C)cc3)n2)cc1. The molecule has 0 atom stereocenters. The van der Waals surface area contributed by atoms with Crippen LogP contribution in [0.3, 0.4) is 0 Å². The van der Waals surface area contributed by atoms with Gasteiger partial charge in [-0.1, -0.05) is 38.1 Å². The van der Waals surface area contributed by atoms with Crippen molar-refractivity contribution in [2.24, 2.45) is 0 Å². The van der Waals surface area contributed by atoms with E-state index < -0.39 is 0 Å². The van der Waals surface area contributed by atoms with E-state index in [1.165, 1.54) is 17.3 Å². The van der Waals surface area contributed by atoms with Crippen LogP contribution in [0.2, 0.25) is 0 Å². The Morgan fingerprint density at radius 1 is 1.04 bits per heavy atom. The monoisotopic (exact) mass is 363 g/mol. The van der Waals surface area contributed by atoms with Crippen LogP contribution >= 0.6 is 0 Å². The molecule has 0 unspecified atom stereocenters. The van der Waals surface area contributed by atoms with E-state index in [0.29, 0.717) is 23.0 Å². The smallest absolute Gasteiger partial charge is 0.248 e. The molecule has 0 aliphatic rings. The summed E-state index contributed by atoms with van der Waals surface area (Å²) < 4.78 is 0. The molecular formula is C20H21N5O2. The number of rotatable bonds is 6. The predicted octanol–water partition coefficient (Wildman–Crippen LogP) is 3.30. The molecule has 1 heterocycles. The molecule has 0 aliphatic heterocycles. The van der Waals surface area contributed by atoms with Gasteiger partial charge in [-0.25, -0.2) is 0 Å². The molecule has 3 rings (SSSR count). The Balaban J connectivity index is 1.63. The van der Waals surface area contributed by atoms with Gasteiger partial charge in [0, 0.05) is 16.8 Å². The average Bonchev–Trinajstić information content (AvgIpc) is 3.10. The zero-order valence-electron chi connectivity index (χ0n) is 15.5. The molecular weight excluding hydrogens is 342 g/mol. The van der Waals surface area contributed by atoms with E-state index in [-0.39, 0.29) is 18.2 Å². The first-order valence-corrected chi connectivity index (χ1v) is 8.71. The van der Waals surface area contributed by atoms with Gasteiger partial charge in [-0.2, -0.15) is 4.80 Å². The van der Waals surface area contributed by atoms with E-state index in [1.807, 2.05) is 24.3 Å². The molecule has 0 fully saturated rings. The van der Waals surface area contributed by atoms with Crippen molar-refractivity contribution in [2.75, 3.05) is 5.32 Å². The number of carbonyl (C=O) groups excluding carboxylic acids is 2. The van der Waals surface area contributed by atoms with Crippen molar-refractivity contribution in [1.29, 1.82) is 0 Å². The second-order valence-electron chi connectivity index (χ2n) is 6.60. The number of nitrogens with one attached hydrogen (secondary N) is 1. The van der Waals surface area contributed by atoms with Crippen molar-refractivity contribution in [3.05, 3.63) is 59.7 Å². The van der Waals surface area contributed by atoms with Crippen LogP contribution in [0.25, 0.3) is 11.4 Å². The first-order chi connectivity index (χ1) is 12.9. The Morgan fingerprint density at radius 2 is 1.70 bits per heavy atom. The molecule has 2 aromatic carbocycles. The molecule has 7 heteroatoms. The molecule has 0 spiro atoms. The maximum absolute atomic E-state index is 12.2. The highest BCUT2D eigenvalue weighted by atomic mass is 16.2. The van der Waals surface area contributed by atoms with Crippen molar-refractivity contribution in [3.63, 3.8) is 0 Å². The molecule has 138 valence electrons. The predicted molar refractivity (Wildman–Crippen MR) is 102 cm³/mol. The molecule has 0 saturated carbocycles. The summed E-state index contributed by atoms with van der Waals surface area (Å²) in [4.78, 5) is 24.7. The number of anilines is 1. The van der Waals surface area contributed by atoms with Gasteiger partial charge in [-0.3, -0.25) is 9.59 Å². The van der Waals surface area contributed by atoms with Crippen LogP contribution in [0.15, 0.2) is 48.5 Å². The minimum absolute atomic E-state index is 0.0198. The molecule has 1 aromatic heterocycles. The third kappa shape index (κ3) is 4.63. The second kappa shape index (κ2) is 7.90.